The fraction of sp³-hybridized carbons (Fsp3) is 0.727. The molecule has 2 unspecified atom stereocenters. The predicted octanol–water partition coefficient (Wildman–Crippen LogP) is 2.46. The van der Waals surface area contributed by atoms with Crippen molar-refractivity contribution in [2.75, 3.05) is 5.73 Å². The second-order valence-corrected chi connectivity index (χ2v) is 4.76. The lowest BCUT2D eigenvalue weighted by Crippen LogP contribution is -2.23. The van der Waals surface area contributed by atoms with Crippen molar-refractivity contribution < 1.29 is 0 Å². The van der Waals surface area contributed by atoms with E-state index in [1.165, 1.54) is 19.3 Å². The zero-order chi connectivity index (χ0) is 10.1. The largest absolute Gasteiger partial charge is 0.369 e. The van der Waals surface area contributed by atoms with E-state index in [0.29, 0.717) is 12.0 Å². The first-order chi connectivity index (χ1) is 6.66. The molecule has 1 aromatic heterocycles. The summed E-state index contributed by atoms with van der Waals surface area (Å²) in [6.07, 6.45) is 7.63. The molecule has 0 spiro atoms. The molecule has 1 aromatic rings. The first kappa shape index (κ1) is 9.56. The molecule has 0 aromatic carbocycles. The van der Waals surface area contributed by atoms with E-state index in [9.17, 15) is 0 Å². The fourth-order valence-electron chi connectivity index (χ4n) is 2.76. The third-order valence-corrected chi connectivity index (χ3v) is 3.25. The molecule has 14 heavy (non-hydrogen) atoms. The minimum absolute atomic E-state index is 0.566. The Morgan fingerprint density at radius 2 is 1.93 bits per heavy atom. The number of rotatable bonds is 1. The van der Waals surface area contributed by atoms with E-state index in [4.69, 9.17) is 5.73 Å². The van der Waals surface area contributed by atoms with E-state index in [1.807, 2.05) is 6.20 Å². The second kappa shape index (κ2) is 3.64. The number of imidazole rings is 1. The molecule has 3 nitrogen and oxygen atoms in total. The van der Waals surface area contributed by atoms with Gasteiger partial charge in [-0.2, -0.15) is 0 Å². The Bertz CT molecular complexity index is 295. The van der Waals surface area contributed by atoms with Crippen molar-refractivity contribution in [3.8, 4) is 0 Å². The summed E-state index contributed by atoms with van der Waals surface area (Å²) < 4.78 is 2.13. The van der Waals surface area contributed by atoms with Crippen LogP contribution in [0.1, 0.15) is 39.2 Å². The van der Waals surface area contributed by atoms with Gasteiger partial charge >= 0.3 is 0 Å². The summed E-state index contributed by atoms with van der Waals surface area (Å²) in [5.74, 6) is 2.28. The summed E-state index contributed by atoms with van der Waals surface area (Å²) in [5.41, 5.74) is 5.81. The average Bonchev–Trinajstić information content (AvgIpc) is 2.49. The van der Waals surface area contributed by atoms with Crippen LogP contribution in [-0.2, 0) is 0 Å². The number of nitrogens with zero attached hydrogens (tertiary/aromatic N) is 2. The van der Waals surface area contributed by atoms with Crippen LogP contribution in [-0.4, -0.2) is 9.55 Å². The molecule has 0 bridgehead atoms. The van der Waals surface area contributed by atoms with Gasteiger partial charge in [0.25, 0.3) is 0 Å². The second-order valence-electron chi connectivity index (χ2n) is 4.76. The van der Waals surface area contributed by atoms with Crippen LogP contribution in [0.15, 0.2) is 12.4 Å². The van der Waals surface area contributed by atoms with Crippen molar-refractivity contribution in [2.24, 2.45) is 11.8 Å². The molecule has 1 saturated carbocycles. The Hall–Kier alpha value is -0.990. The maximum absolute atomic E-state index is 5.81. The molecule has 1 aliphatic carbocycles. The van der Waals surface area contributed by atoms with Crippen molar-refractivity contribution in [3.05, 3.63) is 12.4 Å². The highest BCUT2D eigenvalue weighted by molar-refractivity contribution is 5.18. The molecule has 1 aliphatic rings. The number of aromatic nitrogens is 2. The van der Waals surface area contributed by atoms with Crippen LogP contribution in [0, 0.1) is 11.8 Å². The van der Waals surface area contributed by atoms with Gasteiger partial charge in [-0.1, -0.05) is 13.8 Å². The highest BCUT2D eigenvalue weighted by Gasteiger charge is 2.25. The van der Waals surface area contributed by atoms with Gasteiger partial charge in [0, 0.05) is 18.4 Å². The Balaban J connectivity index is 2.15. The highest BCUT2D eigenvalue weighted by atomic mass is 15.2. The number of hydrogen-bond donors (Lipinski definition) is 1. The third-order valence-electron chi connectivity index (χ3n) is 3.25. The van der Waals surface area contributed by atoms with Gasteiger partial charge in [-0.05, 0) is 31.1 Å². The summed E-state index contributed by atoms with van der Waals surface area (Å²) >= 11 is 0. The molecule has 1 fully saturated rings. The highest BCUT2D eigenvalue weighted by Crippen LogP contribution is 2.36. The molecular formula is C11H19N3. The van der Waals surface area contributed by atoms with Crippen molar-refractivity contribution >= 4 is 5.95 Å². The van der Waals surface area contributed by atoms with E-state index in [-0.39, 0.29) is 0 Å². The maximum Gasteiger partial charge on any atom is 0.200 e. The maximum atomic E-state index is 5.81. The molecule has 0 saturated heterocycles. The molecule has 2 atom stereocenters. The van der Waals surface area contributed by atoms with Crippen LogP contribution in [0.4, 0.5) is 5.95 Å². The van der Waals surface area contributed by atoms with Crippen molar-refractivity contribution in [2.45, 2.75) is 39.2 Å². The van der Waals surface area contributed by atoms with E-state index in [1.54, 1.807) is 6.20 Å². The zero-order valence-corrected chi connectivity index (χ0v) is 8.98. The Labute approximate surface area is 85.3 Å². The van der Waals surface area contributed by atoms with E-state index in [0.717, 1.165) is 11.8 Å². The summed E-state index contributed by atoms with van der Waals surface area (Å²) in [7, 11) is 0. The molecule has 3 heteroatoms. The van der Waals surface area contributed by atoms with Gasteiger partial charge in [-0.25, -0.2) is 4.98 Å². The normalized spacial score (nSPS) is 33.1. The van der Waals surface area contributed by atoms with Crippen molar-refractivity contribution in [3.63, 3.8) is 0 Å². The van der Waals surface area contributed by atoms with E-state index < -0.39 is 0 Å². The zero-order valence-electron chi connectivity index (χ0n) is 8.98. The van der Waals surface area contributed by atoms with Gasteiger partial charge in [-0.3, -0.25) is 0 Å². The molecule has 2 rings (SSSR count). The minimum Gasteiger partial charge on any atom is -0.369 e. The van der Waals surface area contributed by atoms with E-state index >= 15 is 0 Å². The van der Waals surface area contributed by atoms with Crippen molar-refractivity contribution in [1.29, 1.82) is 0 Å². The van der Waals surface area contributed by atoms with Crippen molar-refractivity contribution in [1.82, 2.24) is 9.55 Å². The number of anilines is 1. The van der Waals surface area contributed by atoms with Gasteiger partial charge in [0.05, 0.1) is 0 Å². The molecule has 1 heterocycles. The van der Waals surface area contributed by atoms with Crippen LogP contribution in [0.25, 0.3) is 0 Å². The van der Waals surface area contributed by atoms with Crippen LogP contribution >= 0.6 is 0 Å². The fourth-order valence-corrected chi connectivity index (χ4v) is 2.76. The summed E-state index contributed by atoms with van der Waals surface area (Å²) in [5, 5.41) is 0. The summed E-state index contributed by atoms with van der Waals surface area (Å²) in [6, 6.07) is 0.566. The van der Waals surface area contributed by atoms with Crippen LogP contribution in [0.3, 0.4) is 0 Å². The molecule has 2 N–H and O–H groups in total. The minimum atomic E-state index is 0.566. The predicted molar refractivity (Wildman–Crippen MR) is 57.9 cm³/mol. The summed E-state index contributed by atoms with van der Waals surface area (Å²) in [6.45, 7) is 4.66. The molecule has 0 radical (unpaired) electrons. The Morgan fingerprint density at radius 3 is 2.43 bits per heavy atom. The monoisotopic (exact) mass is 193 g/mol. The molecular weight excluding hydrogens is 174 g/mol. The standard InChI is InChI=1S/C11H19N3/c1-8-5-9(2)7-10(6-8)14-4-3-13-11(14)12/h3-4,8-10H,5-7H2,1-2H3,(H2,12,13). The Morgan fingerprint density at radius 1 is 1.29 bits per heavy atom. The smallest absolute Gasteiger partial charge is 0.200 e. The third kappa shape index (κ3) is 1.76. The first-order valence-electron chi connectivity index (χ1n) is 5.45. The average molecular weight is 193 g/mol. The lowest BCUT2D eigenvalue weighted by molar-refractivity contribution is 0.223. The van der Waals surface area contributed by atoms with Crippen LogP contribution in [0.5, 0.6) is 0 Å². The molecule has 78 valence electrons. The first-order valence-corrected chi connectivity index (χ1v) is 5.45. The van der Waals surface area contributed by atoms with Crippen LogP contribution in [0.2, 0.25) is 0 Å². The Kier molecular flexibility index (Phi) is 2.48. The quantitative estimate of drug-likeness (QED) is 0.744. The molecule has 0 amide bonds. The number of nitrogens with two attached hydrogens (primary N) is 1. The lowest BCUT2D eigenvalue weighted by Gasteiger charge is -2.32. The van der Waals surface area contributed by atoms with E-state index in [2.05, 4.69) is 23.4 Å². The topological polar surface area (TPSA) is 43.8 Å². The number of hydrogen-bond acceptors (Lipinski definition) is 2. The SMILES string of the molecule is CC1CC(C)CC(n2ccnc2N)C1. The van der Waals surface area contributed by atoms with Gasteiger partial charge in [-0.15, -0.1) is 0 Å². The van der Waals surface area contributed by atoms with Crippen LogP contribution < -0.4 is 5.73 Å². The van der Waals surface area contributed by atoms with Gasteiger partial charge < -0.3 is 10.3 Å². The molecule has 0 aliphatic heterocycles. The van der Waals surface area contributed by atoms with Gasteiger partial charge in [0.1, 0.15) is 0 Å². The summed E-state index contributed by atoms with van der Waals surface area (Å²) in [4.78, 5) is 4.08. The van der Waals surface area contributed by atoms with Gasteiger partial charge in [0.2, 0.25) is 0 Å². The lowest BCUT2D eigenvalue weighted by atomic mass is 9.80. The van der Waals surface area contributed by atoms with Gasteiger partial charge in [0.15, 0.2) is 5.95 Å². The number of nitrogen functional groups attached to an aromatic ring is 1.